The van der Waals surface area contributed by atoms with Crippen LogP contribution in [0.15, 0.2) is 36.5 Å². The lowest BCUT2D eigenvalue weighted by molar-refractivity contribution is -0.118. The minimum atomic E-state index is -0.308. The Morgan fingerprint density at radius 3 is 2.80 bits per heavy atom. The molecule has 1 aromatic carbocycles. The predicted molar refractivity (Wildman–Crippen MR) is 73.8 cm³/mol. The Kier molecular flexibility index (Phi) is 4.14. The molecule has 1 aromatic heterocycles. The summed E-state index contributed by atoms with van der Waals surface area (Å²) in [7, 11) is 1.76. The number of benzene rings is 1. The largest absolute Gasteiger partial charge is 0.484 e. The first-order chi connectivity index (χ1) is 9.54. The number of carbonyl (C=O) groups excluding carboxylic acids is 2. The van der Waals surface area contributed by atoms with Crippen LogP contribution in [0.4, 0.5) is 5.82 Å². The topological polar surface area (TPSA) is 73.2 Å². The maximum atomic E-state index is 11.7. The SMILES string of the molecule is CC(=O)c1cccc(OCC(=O)Nc2ccn(C)n2)c1. The standard InChI is InChI=1S/C14H15N3O3/c1-10(18)11-4-3-5-12(8-11)20-9-14(19)15-13-6-7-17(2)16-13/h3-8H,9H2,1-2H3,(H,15,16,19). The molecule has 0 unspecified atom stereocenters. The highest BCUT2D eigenvalue weighted by atomic mass is 16.5. The van der Waals surface area contributed by atoms with Crippen molar-refractivity contribution in [2.45, 2.75) is 6.92 Å². The second-order valence-electron chi connectivity index (χ2n) is 4.30. The fourth-order valence-electron chi connectivity index (χ4n) is 1.61. The first-order valence-electron chi connectivity index (χ1n) is 6.08. The Morgan fingerprint density at radius 1 is 1.35 bits per heavy atom. The van der Waals surface area contributed by atoms with Gasteiger partial charge in [-0.05, 0) is 19.1 Å². The number of carbonyl (C=O) groups is 2. The van der Waals surface area contributed by atoms with Gasteiger partial charge in [-0.15, -0.1) is 0 Å². The second-order valence-corrected chi connectivity index (χ2v) is 4.30. The van der Waals surface area contributed by atoms with E-state index >= 15 is 0 Å². The second kappa shape index (κ2) is 6.01. The van der Waals surface area contributed by atoms with Crippen molar-refractivity contribution in [1.29, 1.82) is 0 Å². The molecule has 2 rings (SSSR count). The van der Waals surface area contributed by atoms with Crippen molar-refractivity contribution < 1.29 is 14.3 Å². The van der Waals surface area contributed by atoms with Crippen molar-refractivity contribution in [1.82, 2.24) is 9.78 Å². The number of nitrogens with zero attached hydrogens (tertiary/aromatic N) is 2. The third kappa shape index (κ3) is 3.68. The number of aromatic nitrogens is 2. The summed E-state index contributed by atoms with van der Waals surface area (Å²) in [5, 5.41) is 6.64. The van der Waals surface area contributed by atoms with Gasteiger partial charge in [-0.2, -0.15) is 5.10 Å². The first-order valence-corrected chi connectivity index (χ1v) is 6.08. The highest BCUT2D eigenvalue weighted by Gasteiger charge is 2.06. The molecule has 2 aromatic rings. The average Bonchev–Trinajstić information content (AvgIpc) is 2.82. The van der Waals surface area contributed by atoms with Crippen molar-refractivity contribution in [3.8, 4) is 5.75 Å². The van der Waals surface area contributed by atoms with Gasteiger partial charge in [-0.25, -0.2) is 0 Å². The van der Waals surface area contributed by atoms with Gasteiger partial charge >= 0.3 is 0 Å². The van der Waals surface area contributed by atoms with Gasteiger partial charge < -0.3 is 10.1 Å². The molecule has 0 aliphatic rings. The third-order valence-corrected chi connectivity index (χ3v) is 2.59. The molecule has 0 saturated heterocycles. The molecule has 6 nitrogen and oxygen atoms in total. The molecule has 0 aliphatic carbocycles. The highest BCUT2D eigenvalue weighted by molar-refractivity contribution is 5.94. The van der Waals surface area contributed by atoms with Gasteiger partial charge in [0.1, 0.15) is 5.75 Å². The molecule has 0 spiro atoms. The Balaban J connectivity index is 1.90. The van der Waals surface area contributed by atoms with Gasteiger partial charge in [-0.1, -0.05) is 12.1 Å². The van der Waals surface area contributed by atoms with Crippen molar-refractivity contribution in [3.05, 3.63) is 42.1 Å². The van der Waals surface area contributed by atoms with E-state index < -0.39 is 0 Å². The quantitative estimate of drug-likeness (QED) is 0.840. The summed E-state index contributed by atoms with van der Waals surface area (Å²) in [6, 6.07) is 8.40. The molecule has 0 bridgehead atoms. The summed E-state index contributed by atoms with van der Waals surface area (Å²) in [5.74, 6) is 0.595. The molecular weight excluding hydrogens is 258 g/mol. The zero-order chi connectivity index (χ0) is 14.5. The molecule has 6 heteroatoms. The van der Waals surface area contributed by atoms with Crippen LogP contribution in [-0.4, -0.2) is 28.1 Å². The molecule has 0 aliphatic heterocycles. The molecule has 0 saturated carbocycles. The van der Waals surface area contributed by atoms with Crippen LogP contribution in [0.3, 0.4) is 0 Å². The van der Waals surface area contributed by atoms with Crippen LogP contribution in [0.1, 0.15) is 17.3 Å². The van der Waals surface area contributed by atoms with E-state index in [0.29, 0.717) is 17.1 Å². The summed E-state index contributed by atoms with van der Waals surface area (Å²) >= 11 is 0. The van der Waals surface area contributed by atoms with E-state index in [0.717, 1.165) is 0 Å². The van der Waals surface area contributed by atoms with E-state index in [4.69, 9.17) is 4.74 Å². The Hall–Kier alpha value is -2.63. The van der Waals surface area contributed by atoms with Gasteiger partial charge in [0.15, 0.2) is 18.2 Å². The number of Topliss-reactive ketones (excluding diaryl/α,β-unsaturated/α-hetero) is 1. The monoisotopic (exact) mass is 273 g/mol. The minimum Gasteiger partial charge on any atom is -0.484 e. The highest BCUT2D eigenvalue weighted by Crippen LogP contribution is 2.13. The number of amides is 1. The number of anilines is 1. The van der Waals surface area contributed by atoms with Gasteiger partial charge in [0.25, 0.3) is 5.91 Å². The van der Waals surface area contributed by atoms with E-state index in [9.17, 15) is 9.59 Å². The Labute approximate surface area is 116 Å². The molecule has 0 fully saturated rings. The number of ether oxygens (including phenoxy) is 1. The molecular formula is C14H15N3O3. The van der Waals surface area contributed by atoms with Crippen LogP contribution < -0.4 is 10.1 Å². The molecule has 0 radical (unpaired) electrons. The smallest absolute Gasteiger partial charge is 0.263 e. The summed E-state index contributed by atoms with van der Waals surface area (Å²) in [5.41, 5.74) is 0.549. The number of nitrogens with one attached hydrogen (secondary N) is 1. The average molecular weight is 273 g/mol. The Morgan fingerprint density at radius 2 is 2.15 bits per heavy atom. The molecule has 1 N–H and O–H groups in total. The third-order valence-electron chi connectivity index (χ3n) is 2.59. The lowest BCUT2D eigenvalue weighted by Gasteiger charge is -2.06. The maximum Gasteiger partial charge on any atom is 0.263 e. The summed E-state index contributed by atoms with van der Waals surface area (Å²) in [6.45, 7) is 1.34. The van der Waals surface area contributed by atoms with E-state index in [-0.39, 0.29) is 18.3 Å². The predicted octanol–water partition coefficient (Wildman–Crippen LogP) is 1.64. The Bertz CT molecular complexity index is 634. The summed E-state index contributed by atoms with van der Waals surface area (Å²) in [6.07, 6.45) is 1.73. The van der Waals surface area contributed by atoms with Crippen LogP contribution in [0.5, 0.6) is 5.75 Å². The number of aryl methyl sites for hydroxylation is 1. The van der Waals surface area contributed by atoms with Gasteiger partial charge in [0.2, 0.25) is 0 Å². The normalized spacial score (nSPS) is 10.1. The number of rotatable bonds is 5. The molecule has 1 amide bonds. The lowest BCUT2D eigenvalue weighted by Crippen LogP contribution is -2.20. The first kappa shape index (κ1) is 13.8. The fourth-order valence-corrected chi connectivity index (χ4v) is 1.61. The molecule has 0 atom stereocenters. The minimum absolute atomic E-state index is 0.0478. The summed E-state index contributed by atoms with van der Waals surface area (Å²) < 4.78 is 6.93. The van der Waals surface area contributed by atoms with Crippen molar-refractivity contribution >= 4 is 17.5 Å². The molecule has 1 heterocycles. The van der Waals surface area contributed by atoms with E-state index in [1.807, 2.05) is 0 Å². The van der Waals surface area contributed by atoms with Crippen LogP contribution in [0, 0.1) is 0 Å². The zero-order valence-electron chi connectivity index (χ0n) is 11.3. The van der Waals surface area contributed by atoms with Crippen LogP contribution in [0.25, 0.3) is 0 Å². The van der Waals surface area contributed by atoms with E-state index in [2.05, 4.69) is 10.4 Å². The number of hydrogen-bond acceptors (Lipinski definition) is 4. The molecule has 20 heavy (non-hydrogen) atoms. The van der Waals surface area contributed by atoms with Crippen molar-refractivity contribution in [2.75, 3.05) is 11.9 Å². The van der Waals surface area contributed by atoms with E-state index in [1.54, 1.807) is 48.3 Å². The maximum absolute atomic E-state index is 11.7. The molecule has 104 valence electrons. The van der Waals surface area contributed by atoms with Crippen molar-refractivity contribution in [2.24, 2.45) is 7.05 Å². The number of hydrogen-bond donors (Lipinski definition) is 1. The van der Waals surface area contributed by atoms with Crippen LogP contribution in [-0.2, 0) is 11.8 Å². The lowest BCUT2D eigenvalue weighted by atomic mass is 10.1. The fraction of sp³-hybridized carbons (Fsp3) is 0.214. The van der Waals surface area contributed by atoms with Gasteiger partial charge in [0, 0.05) is 24.9 Å². The van der Waals surface area contributed by atoms with Gasteiger partial charge in [0.05, 0.1) is 0 Å². The van der Waals surface area contributed by atoms with Crippen LogP contribution in [0.2, 0.25) is 0 Å². The van der Waals surface area contributed by atoms with Crippen molar-refractivity contribution in [3.63, 3.8) is 0 Å². The number of ketones is 1. The van der Waals surface area contributed by atoms with Gasteiger partial charge in [-0.3, -0.25) is 14.3 Å². The summed E-state index contributed by atoms with van der Waals surface area (Å²) in [4.78, 5) is 22.9. The van der Waals surface area contributed by atoms with E-state index in [1.165, 1.54) is 6.92 Å². The van der Waals surface area contributed by atoms with Crippen LogP contribution >= 0.6 is 0 Å². The zero-order valence-corrected chi connectivity index (χ0v) is 11.3.